The van der Waals surface area contributed by atoms with E-state index < -0.39 is 6.04 Å². The Balaban J connectivity index is 1.41. The number of nitrogens with zero attached hydrogens (tertiary/aromatic N) is 3. The van der Waals surface area contributed by atoms with Gasteiger partial charge in [-0.3, -0.25) is 9.59 Å². The van der Waals surface area contributed by atoms with Crippen molar-refractivity contribution in [3.05, 3.63) is 35.4 Å². The number of hydrogen-bond acceptors (Lipinski definition) is 4. The smallest absolute Gasteiger partial charge is 0.255 e. The number of benzene rings is 1. The van der Waals surface area contributed by atoms with Crippen LogP contribution in [0.3, 0.4) is 0 Å². The zero-order valence-electron chi connectivity index (χ0n) is 17.6. The molecule has 6 heteroatoms. The number of hydrogen-bond donors (Lipinski definition) is 1. The maximum atomic E-state index is 13.2. The molecule has 6 nitrogen and oxygen atoms in total. The number of rotatable bonds is 6. The van der Waals surface area contributed by atoms with E-state index in [1.165, 1.54) is 19.3 Å². The molecule has 4 rings (SSSR count). The van der Waals surface area contributed by atoms with E-state index in [2.05, 4.69) is 22.2 Å². The third-order valence-corrected chi connectivity index (χ3v) is 6.73. The topological polar surface area (TPSA) is 55.9 Å². The fourth-order valence-electron chi connectivity index (χ4n) is 4.95. The normalized spacial score (nSPS) is 24.0. The van der Waals surface area contributed by atoms with Crippen LogP contribution in [0.1, 0.15) is 60.5 Å². The van der Waals surface area contributed by atoms with Gasteiger partial charge in [0.25, 0.3) is 5.91 Å². The van der Waals surface area contributed by atoms with Crippen molar-refractivity contribution in [1.29, 1.82) is 0 Å². The van der Waals surface area contributed by atoms with E-state index in [0.717, 1.165) is 57.5 Å². The number of nitrogens with one attached hydrogen (secondary N) is 1. The molecule has 29 heavy (non-hydrogen) atoms. The van der Waals surface area contributed by atoms with Gasteiger partial charge in [-0.1, -0.05) is 37.5 Å². The number of likely N-dealkylation sites (N-methyl/N-ethyl adjacent to an activating group) is 1. The third-order valence-electron chi connectivity index (χ3n) is 6.73. The molecule has 0 spiro atoms. The summed E-state index contributed by atoms with van der Waals surface area (Å²) in [6, 6.07) is 7.40. The molecule has 3 aliphatic rings. The van der Waals surface area contributed by atoms with E-state index in [4.69, 9.17) is 0 Å². The lowest BCUT2D eigenvalue weighted by atomic mass is 9.95. The Morgan fingerprint density at radius 1 is 1.03 bits per heavy atom. The van der Waals surface area contributed by atoms with Crippen molar-refractivity contribution < 1.29 is 9.59 Å². The van der Waals surface area contributed by atoms with Crippen molar-refractivity contribution in [3.63, 3.8) is 0 Å². The maximum absolute atomic E-state index is 13.2. The van der Waals surface area contributed by atoms with Gasteiger partial charge in [0.05, 0.1) is 0 Å². The number of carbonyl (C=O) groups excluding carboxylic acids is 2. The van der Waals surface area contributed by atoms with Crippen LogP contribution in [0.25, 0.3) is 0 Å². The zero-order chi connectivity index (χ0) is 20.2. The number of piperazine rings is 1. The highest BCUT2D eigenvalue weighted by Crippen LogP contribution is 2.34. The molecule has 2 amide bonds. The Kier molecular flexibility index (Phi) is 6.50. The highest BCUT2D eigenvalue weighted by atomic mass is 16.2. The second-order valence-corrected chi connectivity index (χ2v) is 8.83. The summed E-state index contributed by atoms with van der Waals surface area (Å²) in [6.45, 7) is 5.96. The van der Waals surface area contributed by atoms with Gasteiger partial charge in [0.1, 0.15) is 6.04 Å². The molecule has 1 N–H and O–H groups in total. The molecule has 0 bridgehead atoms. The molecule has 2 aliphatic heterocycles. The minimum atomic E-state index is -0.479. The first kappa shape index (κ1) is 20.4. The van der Waals surface area contributed by atoms with Gasteiger partial charge in [-0.05, 0) is 44.5 Å². The second kappa shape index (κ2) is 9.26. The molecule has 1 aromatic rings. The molecule has 1 aromatic carbocycles. The highest BCUT2D eigenvalue weighted by Gasteiger charge is 2.41. The SMILES string of the molecule is CN1CCN(CCCN2C(=O)c3ccccc3C2C(=O)NC2CCCCC2)CC1. The van der Waals surface area contributed by atoms with Crippen molar-refractivity contribution in [2.45, 2.75) is 50.6 Å². The van der Waals surface area contributed by atoms with Crippen molar-refractivity contribution in [2.75, 3.05) is 46.3 Å². The summed E-state index contributed by atoms with van der Waals surface area (Å²) in [4.78, 5) is 32.9. The molecule has 2 heterocycles. The van der Waals surface area contributed by atoms with Crippen LogP contribution < -0.4 is 5.32 Å². The van der Waals surface area contributed by atoms with E-state index in [0.29, 0.717) is 12.1 Å². The van der Waals surface area contributed by atoms with Gasteiger partial charge < -0.3 is 20.0 Å². The fourth-order valence-corrected chi connectivity index (χ4v) is 4.95. The Morgan fingerprint density at radius 3 is 2.52 bits per heavy atom. The summed E-state index contributed by atoms with van der Waals surface area (Å²) < 4.78 is 0. The van der Waals surface area contributed by atoms with Crippen molar-refractivity contribution in [1.82, 2.24) is 20.0 Å². The minimum absolute atomic E-state index is 0.00257. The lowest BCUT2D eigenvalue weighted by molar-refractivity contribution is -0.126. The largest absolute Gasteiger partial charge is 0.351 e. The van der Waals surface area contributed by atoms with Crippen molar-refractivity contribution in [3.8, 4) is 0 Å². The van der Waals surface area contributed by atoms with Crippen LogP contribution in [0.4, 0.5) is 0 Å². The first-order valence-electron chi connectivity index (χ1n) is 11.2. The molecular formula is C23H34N4O2. The lowest BCUT2D eigenvalue weighted by Gasteiger charge is -2.33. The molecule has 1 unspecified atom stereocenters. The summed E-state index contributed by atoms with van der Waals surface area (Å²) in [7, 11) is 2.16. The standard InChI is InChI=1S/C23H34N4O2/c1-25-14-16-26(17-15-25)12-7-13-27-21(19-10-5-6-11-20(19)23(27)29)22(28)24-18-8-3-2-4-9-18/h5-6,10-11,18,21H,2-4,7-9,12-17H2,1H3,(H,24,28). The van der Waals surface area contributed by atoms with Crippen LogP contribution in [-0.2, 0) is 4.79 Å². The summed E-state index contributed by atoms with van der Waals surface area (Å²) >= 11 is 0. The minimum Gasteiger partial charge on any atom is -0.351 e. The monoisotopic (exact) mass is 398 g/mol. The third kappa shape index (κ3) is 4.64. The molecule has 2 fully saturated rings. The van der Waals surface area contributed by atoms with Crippen LogP contribution in [0, 0.1) is 0 Å². The Morgan fingerprint density at radius 2 is 1.76 bits per heavy atom. The van der Waals surface area contributed by atoms with Gasteiger partial charge in [-0.25, -0.2) is 0 Å². The number of fused-ring (bicyclic) bond motifs is 1. The van der Waals surface area contributed by atoms with Gasteiger partial charge in [0.15, 0.2) is 0 Å². The Bertz CT molecular complexity index is 723. The quantitative estimate of drug-likeness (QED) is 0.799. The predicted molar refractivity (Wildman–Crippen MR) is 114 cm³/mol. The molecule has 1 atom stereocenters. The van der Waals surface area contributed by atoms with E-state index in [1.807, 2.05) is 24.3 Å². The molecule has 1 saturated heterocycles. The summed E-state index contributed by atoms with van der Waals surface area (Å²) in [6.07, 6.45) is 6.63. The van der Waals surface area contributed by atoms with Gasteiger partial charge >= 0.3 is 0 Å². The van der Waals surface area contributed by atoms with Gasteiger partial charge in [0, 0.05) is 44.3 Å². The second-order valence-electron chi connectivity index (χ2n) is 8.83. The molecule has 0 radical (unpaired) electrons. The first-order chi connectivity index (χ1) is 14.1. The van der Waals surface area contributed by atoms with Crippen LogP contribution in [0.2, 0.25) is 0 Å². The van der Waals surface area contributed by atoms with Gasteiger partial charge in [0.2, 0.25) is 5.91 Å². The van der Waals surface area contributed by atoms with Crippen molar-refractivity contribution >= 4 is 11.8 Å². The van der Waals surface area contributed by atoms with Gasteiger partial charge in [-0.2, -0.15) is 0 Å². The van der Waals surface area contributed by atoms with E-state index in [9.17, 15) is 9.59 Å². The summed E-state index contributed by atoms with van der Waals surface area (Å²) in [5.74, 6) is -0.00225. The van der Waals surface area contributed by atoms with Crippen LogP contribution >= 0.6 is 0 Å². The van der Waals surface area contributed by atoms with E-state index in [-0.39, 0.29) is 17.9 Å². The van der Waals surface area contributed by atoms with E-state index >= 15 is 0 Å². The highest BCUT2D eigenvalue weighted by molar-refractivity contribution is 6.04. The number of carbonyl (C=O) groups is 2. The molecule has 1 saturated carbocycles. The summed E-state index contributed by atoms with van der Waals surface area (Å²) in [5.41, 5.74) is 1.56. The van der Waals surface area contributed by atoms with E-state index in [1.54, 1.807) is 4.90 Å². The fraction of sp³-hybridized carbons (Fsp3) is 0.652. The van der Waals surface area contributed by atoms with Crippen LogP contribution in [0.15, 0.2) is 24.3 Å². The maximum Gasteiger partial charge on any atom is 0.255 e. The zero-order valence-corrected chi connectivity index (χ0v) is 17.6. The predicted octanol–water partition coefficient (Wildman–Crippen LogP) is 2.27. The lowest BCUT2D eigenvalue weighted by Crippen LogP contribution is -2.46. The Hall–Kier alpha value is -1.92. The first-order valence-corrected chi connectivity index (χ1v) is 11.2. The summed E-state index contributed by atoms with van der Waals surface area (Å²) in [5, 5.41) is 3.25. The molecule has 1 aliphatic carbocycles. The molecule has 158 valence electrons. The van der Waals surface area contributed by atoms with Crippen LogP contribution in [-0.4, -0.2) is 78.9 Å². The van der Waals surface area contributed by atoms with Crippen LogP contribution in [0.5, 0.6) is 0 Å². The number of amides is 2. The average Bonchev–Trinajstić information content (AvgIpc) is 3.02. The van der Waals surface area contributed by atoms with Crippen molar-refractivity contribution in [2.24, 2.45) is 0 Å². The Labute approximate surface area is 174 Å². The molecular weight excluding hydrogens is 364 g/mol. The molecule has 0 aromatic heterocycles. The average molecular weight is 399 g/mol. The van der Waals surface area contributed by atoms with Gasteiger partial charge in [-0.15, -0.1) is 0 Å².